The molecule has 0 fully saturated rings. The zero-order chi connectivity index (χ0) is 19.2. The highest BCUT2D eigenvalue weighted by atomic mass is 32.1. The van der Waals surface area contributed by atoms with Crippen LogP contribution < -0.4 is 10.6 Å². The van der Waals surface area contributed by atoms with Gasteiger partial charge in [-0.3, -0.25) is 4.79 Å². The molecule has 0 aliphatic carbocycles. The number of thiazole rings is 1. The monoisotopic (exact) mass is 383 g/mol. The molecule has 2 amide bonds. The molecule has 0 bridgehead atoms. The Hall–Kier alpha value is -2.93. The van der Waals surface area contributed by atoms with E-state index in [0.29, 0.717) is 5.13 Å². The van der Waals surface area contributed by atoms with Crippen LogP contribution in [0.5, 0.6) is 0 Å². The van der Waals surface area contributed by atoms with Gasteiger partial charge in [0.15, 0.2) is 5.13 Å². The molecule has 2 N–H and O–H groups in total. The van der Waals surface area contributed by atoms with E-state index in [4.69, 9.17) is 4.74 Å². The van der Waals surface area contributed by atoms with Crippen molar-refractivity contribution >= 4 is 38.7 Å². The molecule has 6 nitrogen and oxygen atoms in total. The summed E-state index contributed by atoms with van der Waals surface area (Å²) in [6.07, 6.45) is -0.466. The Labute approximate surface area is 161 Å². The van der Waals surface area contributed by atoms with Gasteiger partial charge in [0.05, 0.1) is 29.3 Å². The van der Waals surface area contributed by atoms with Gasteiger partial charge in [-0.25, -0.2) is 9.78 Å². The third-order valence-electron chi connectivity index (χ3n) is 3.95. The number of aryl methyl sites for hydroxylation is 1. The van der Waals surface area contributed by atoms with E-state index >= 15 is 0 Å². The summed E-state index contributed by atoms with van der Waals surface area (Å²) in [7, 11) is 0. The molecule has 0 spiro atoms. The van der Waals surface area contributed by atoms with Crippen LogP contribution in [0, 0.1) is 6.92 Å². The van der Waals surface area contributed by atoms with Crippen molar-refractivity contribution in [3.05, 3.63) is 59.7 Å². The van der Waals surface area contributed by atoms with Gasteiger partial charge >= 0.3 is 6.09 Å². The average Bonchev–Trinajstić information content (AvgIpc) is 3.03. The zero-order valence-corrected chi connectivity index (χ0v) is 16.0. The zero-order valence-electron chi connectivity index (χ0n) is 15.2. The second kappa shape index (κ2) is 8.64. The molecule has 3 aromatic rings. The number of carbonyl (C=O) groups is 2. The van der Waals surface area contributed by atoms with E-state index in [1.54, 1.807) is 6.92 Å². The Morgan fingerprint density at radius 1 is 1.19 bits per heavy atom. The number of ether oxygens (including phenoxy) is 1. The first-order chi connectivity index (χ1) is 13.0. The minimum atomic E-state index is -0.547. The molecular weight excluding hydrogens is 362 g/mol. The molecule has 140 valence electrons. The lowest BCUT2D eigenvalue weighted by atomic mass is 10.0. The Morgan fingerprint density at radius 3 is 2.70 bits per heavy atom. The number of alkyl carbamates (subject to hydrolysis) is 1. The van der Waals surface area contributed by atoms with E-state index in [1.807, 2.05) is 55.5 Å². The van der Waals surface area contributed by atoms with Gasteiger partial charge in [0.1, 0.15) is 0 Å². The van der Waals surface area contributed by atoms with Crippen LogP contribution in [0.1, 0.15) is 30.5 Å². The van der Waals surface area contributed by atoms with Crippen molar-refractivity contribution in [2.75, 3.05) is 11.9 Å². The molecule has 1 aromatic heterocycles. The van der Waals surface area contributed by atoms with Gasteiger partial charge in [-0.05, 0) is 37.1 Å². The van der Waals surface area contributed by atoms with Crippen molar-refractivity contribution in [2.24, 2.45) is 0 Å². The topological polar surface area (TPSA) is 80.3 Å². The van der Waals surface area contributed by atoms with Gasteiger partial charge < -0.3 is 15.4 Å². The number of amides is 2. The highest BCUT2D eigenvalue weighted by Crippen LogP contribution is 2.27. The lowest BCUT2D eigenvalue weighted by Gasteiger charge is -2.18. The molecule has 2 aromatic carbocycles. The number of hydrogen-bond donors (Lipinski definition) is 2. The van der Waals surface area contributed by atoms with Gasteiger partial charge in [0.25, 0.3) is 0 Å². The second-order valence-corrected chi connectivity index (χ2v) is 7.10. The lowest BCUT2D eigenvalue weighted by molar-refractivity contribution is -0.116. The van der Waals surface area contributed by atoms with Gasteiger partial charge in [-0.15, -0.1) is 0 Å². The van der Waals surface area contributed by atoms with Crippen molar-refractivity contribution in [2.45, 2.75) is 26.3 Å². The summed E-state index contributed by atoms with van der Waals surface area (Å²) in [5.41, 5.74) is 2.83. The molecule has 0 radical (unpaired) electrons. The van der Waals surface area contributed by atoms with Crippen LogP contribution in [0.25, 0.3) is 10.2 Å². The summed E-state index contributed by atoms with van der Waals surface area (Å²) in [5, 5.41) is 6.12. The molecule has 0 aliphatic heterocycles. The predicted octanol–water partition coefficient (Wildman–Crippen LogP) is 4.42. The predicted molar refractivity (Wildman–Crippen MR) is 107 cm³/mol. The van der Waals surface area contributed by atoms with Gasteiger partial charge in [-0.1, -0.05) is 47.7 Å². The maximum absolute atomic E-state index is 12.5. The van der Waals surface area contributed by atoms with Crippen molar-refractivity contribution in [1.82, 2.24) is 10.3 Å². The summed E-state index contributed by atoms with van der Waals surface area (Å²) in [6.45, 7) is 4.02. The minimum absolute atomic E-state index is 0.0811. The SMILES string of the molecule is CCOC(=O)N[C@@H](CC(=O)Nc1nc2ccc(C)cc2s1)c1ccccc1. The van der Waals surface area contributed by atoms with Crippen LogP contribution in [0.15, 0.2) is 48.5 Å². The Bertz CT molecular complexity index is 940. The van der Waals surface area contributed by atoms with Gasteiger partial charge in [0, 0.05) is 0 Å². The van der Waals surface area contributed by atoms with E-state index < -0.39 is 12.1 Å². The van der Waals surface area contributed by atoms with Crippen LogP contribution in [0.2, 0.25) is 0 Å². The molecule has 27 heavy (non-hydrogen) atoms. The van der Waals surface area contributed by atoms with E-state index in [9.17, 15) is 9.59 Å². The number of benzene rings is 2. The summed E-state index contributed by atoms with van der Waals surface area (Å²) in [4.78, 5) is 28.8. The normalized spacial score (nSPS) is 11.8. The Morgan fingerprint density at radius 2 is 1.96 bits per heavy atom. The Balaban J connectivity index is 1.71. The molecule has 1 atom stereocenters. The number of rotatable bonds is 6. The highest BCUT2D eigenvalue weighted by molar-refractivity contribution is 7.22. The Kier molecular flexibility index (Phi) is 6.03. The van der Waals surface area contributed by atoms with Crippen molar-refractivity contribution < 1.29 is 14.3 Å². The molecule has 0 unspecified atom stereocenters. The van der Waals surface area contributed by atoms with Crippen LogP contribution in [0.3, 0.4) is 0 Å². The fraction of sp³-hybridized carbons (Fsp3) is 0.250. The van der Waals surface area contributed by atoms with Crippen molar-refractivity contribution in [1.29, 1.82) is 0 Å². The van der Waals surface area contributed by atoms with Gasteiger partial charge in [-0.2, -0.15) is 0 Å². The standard InChI is InChI=1S/C20H21N3O3S/c1-3-26-20(25)22-16(14-7-5-4-6-8-14)12-18(24)23-19-21-15-10-9-13(2)11-17(15)27-19/h4-11,16H,3,12H2,1-2H3,(H,22,25)(H,21,23,24)/t16-/m0/s1. The number of carbonyl (C=O) groups excluding carboxylic acids is 2. The first-order valence-corrected chi connectivity index (χ1v) is 9.52. The average molecular weight is 383 g/mol. The number of fused-ring (bicyclic) bond motifs is 1. The molecule has 3 rings (SSSR count). The van der Waals surface area contributed by atoms with Crippen molar-refractivity contribution in [3.63, 3.8) is 0 Å². The summed E-state index contributed by atoms with van der Waals surface area (Å²) in [6, 6.07) is 14.8. The van der Waals surface area contributed by atoms with Crippen LogP contribution in [-0.4, -0.2) is 23.6 Å². The van der Waals surface area contributed by atoms with Crippen LogP contribution in [-0.2, 0) is 9.53 Å². The van der Waals surface area contributed by atoms with E-state index in [-0.39, 0.29) is 18.9 Å². The summed E-state index contributed by atoms with van der Waals surface area (Å²) >= 11 is 1.43. The molecule has 0 saturated heterocycles. The molecule has 0 saturated carbocycles. The first-order valence-electron chi connectivity index (χ1n) is 8.70. The lowest BCUT2D eigenvalue weighted by Crippen LogP contribution is -2.32. The van der Waals surface area contributed by atoms with Gasteiger partial charge in [0.2, 0.25) is 5.91 Å². The quantitative estimate of drug-likeness (QED) is 0.660. The minimum Gasteiger partial charge on any atom is -0.450 e. The second-order valence-electron chi connectivity index (χ2n) is 6.07. The summed E-state index contributed by atoms with van der Waals surface area (Å²) in [5.74, 6) is -0.226. The third-order valence-corrected chi connectivity index (χ3v) is 4.88. The fourth-order valence-corrected chi connectivity index (χ4v) is 3.67. The molecule has 0 aliphatic rings. The number of nitrogens with zero attached hydrogens (tertiary/aromatic N) is 1. The smallest absolute Gasteiger partial charge is 0.407 e. The highest BCUT2D eigenvalue weighted by Gasteiger charge is 2.20. The molecule has 7 heteroatoms. The van der Waals surface area contributed by atoms with E-state index in [2.05, 4.69) is 15.6 Å². The number of anilines is 1. The summed E-state index contributed by atoms with van der Waals surface area (Å²) < 4.78 is 5.98. The largest absolute Gasteiger partial charge is 0.450 e. The van der Waals surface area contributed by atoms with Crippen LogP contribution >= 0.6 is 11.3 Å². The van der Waals surface area contributed by atoms with Crippen molar-refractivity contribution in [3.8, 4) is 0 Å². The van der Waals surface area contributed by atoms with Crippen LogP contribution in [0.4, 0.5) is 9.93 Å². The number of nitrogens with one attached hydrogen (secondary N) is 2. The molecular formula is C20H21N3O3S. The fourth-order valence-electron chi connectivity index (χ4n) is 2.69. The maximum atomic E-state index is 12.5. The molecule has 1 heterocycles. The maximum Gasteiger partial charge on any atom is 0.407 e. The number of hydrogen-bond acceptors (Lipinski definition) is 5. The van der Waals surface area contributed by atoms with E-state index in [1.165, 1.54) is 11.3 Å². The first kappa shape index (κ1) is 18.8. The number of aromatic nitrogens is 1. The van der Waals surface area contributed by atoms with E-state index in [0.717, 1.165) is 21.3 Å². The third kappa shape index (κ3) is 5.04.